The third kappa shape index (κ3) is 9.88. The lowest BCUT2D eigenvalue weighted by atomic mass is 10.1. The maximum atomic E-state index is 12.3. The number of alkyl carbamates (subject to hydrolysis) is 1. The van der Waals surface area contributed by atoms with E-state index in [4.69, 9.17) is 4.74 Å². The average molecular weight is 556 g/mol. The molecule has 0 aliphatic carbocycles. The summed E-state index contributed by atoms with van der Waals surface area (Å²) in [4.78, 5) is 16.6. The van der Waals surface area contributed by atoms with Gasteiger partial charge in [-0.15, -0.1) is 24.0 Å². The molecule has 1 aromatic carbocycles. The number of carbonyl (C=O) groups is 1. The Bertz CT molecular complexity index is 861. The number of aryl methyl sites for hydroxylation is 3. The Kier molecular flexibility index (Phi) is 11.5. The fourth-order valence-electron chi connectivity index (χ4n) is 3.14. The van der Waals surface area contributed by atoms with E-state index in [2.05, 4.69) is 39.0 Å². The normalized spacial score (nSPS) is 12.5. The summed E-state index contributed by atoms with van der Waals surface area (Å²) in [7, 11) is 1.73. The van der Waals surface area contributed by atoms with Crippen LogP contribution in [-0.4, -0.2) is 47.6 Å². The molecule has 1 heterocycles. The molecular formula is C23H37IN6O2. The smallest absolute Gasteiger partial charge is 0.408 e. The van der Waals surface area contributed by atoms with E-state index < -0.39 is 11.7 Å². The number of rotatable bonds is 8. The van der Waals surface area contributed by atoms with Gasteiger partial charge in [0.1, 0.15) is 5.60 Å². The molecule has 1 amide bonds. The van der Waals surface area contributed by atoms with Gasteiger partial charge in [-0.2, -0.15) is 5.10 Å². The number of halogens is 1. The SMILES string of the molecule is CN=C(NCCCn1nc(C)cc1C)NCC(NC(=O)OC(C)(C)C)c1ccccc1.I. The van der Waals surface area contributed by atoms with Crippen molar-refractivity contribution in [2.75, 3.05) is 20.1 Å². The van der Waals surface area contributed by atoms with E-state index in [0.717, 1.165) is 30.8 Å². The third-order valence-corrected chi connectivity index (χ3v) is 4.53. The molecule has 0 aliphatic rings. The Morgan fingerprint density at radius 3 is 2.44 bits per heavy atom. The van der Waals surface area contributed by atoms with Gasteiger partial charge in [-0.25, -0.2) is 4.79 Å². The van der Waals surface area contributed by atoms with Crippen LogP contribution in [0.5, 0.6) is 0 Å². The van der Waals surface area contributed by atoms with Crippen molar-refractivity contribution in [3.8, 4) is 0 Å². The second-order valence-electron chi connectivity index (χ2n) is 8.49. The van der Waals surface area contributed by atoms with Crippen molar-refractivity contribution in [2.45, 2.75) is 59.2 Å². The van der Waals surface area contributed by atoms with E-state index in [1.54, 1.807) is 7.05 Å². The van der Waals surface area contributed by atoms with E-state index in [1.807, 2.05) is 62.7 Å². The minimum atomic E-state index is -0.554. The van der Waals surface area contributed by atoms with Gasteiger partial charge < -0.3 is 20.7 Å². The van der Waals surface area contributed by atoms with Gasteiger partial charge in [0.05, 0.1) is 11.7 Å². The van der Waals surface area contributed by atoms with Gasteiger partial charge in [-0.05, 0) is 52.7 Å². The number of amides is 1. The highest BCUT2D eigenvalue weighted by Gasteiger charge is 2.20. The highest BCUT2D eigenvalue weighted by atomic mass is 127. The molecule has 0 saturated carbocycles. The molecular weight excluding hydrogens is 519 g/mol. The zero-order chi connectivity index (χ0) is 22.9. The summed E-state index contributed by atoms with van der Waals surface area (Å²) in [6, 6.07) is 11.6. The van der Waals surface area contributed by atoms with Crippen molar-refractivity contribution in [1.29, 1.82) is 0 Å². The number of hydrogen-bond acceptors (Lipinski definition) is 4. The van der Waals surface area contributed by atoms with Crippen LogP contribution in [0, 0.1) is 13.8 Å². The Morgan fingerprint density at radius 2 is 1.88 bits per heavy atom. The van der Waals surface area contributed by atoms with Crippen LogP contribution in [0.15, 0.2) is 41.4 Å². The summed E-state index contributed by atoms with van der Waals surface area (Å²) in [5, 5.41) is 14.0. The molecule has 2 rings (SSSR count). The monoisotopic (exact) mass is 556 g/mol. The molecule has 32 heavy (non-hydrogen) atoms. The number of benzene rings is 1. The summed E-state index contributed by atoms with van der Waals surface area (Å²) in [5.74, 6) is 0.681. The van der Waals surface area contributed by atoms with Crippen molar-refractivity contribution in [2.24, 2.45) is 4.99 Å². The molecule has 2 aromatic rings. The lowest BCUT2D eigenvalue weighted by Crippen LogP contribution is -2.44. The van der Waals surface area contributed by atoms with Gasteiger partial charge in [-0.1, -0.05) is 30.3 Å². The Morgan fingerprint density at radius 1 is 1.19 bits per heavy atom. The van der Waals surface area contributed by atoms with Crippen molar-refractivity contribution >= 4 is 36.0 Å². The van der Waals surface area contributed by atoms with E-state index in [1.165, 1.54) is 5.69 Å². The van der Waals surface area contributed by atoms with Gasteiger partial charge in [-0.3, -0.25) is 9.67 Å². The minimum Gasteiger partial charge on any atom is -0.444 e. The molecule has 1 aromatic heterocycles. The Balaban J connectivity index is 0.00000512. The molecule has 0 saturated heterocycles. The number of hydrogen-bond donors (Lipinski definition) is 3. The van der Waals surface area contributed by atoms with E-state index in [9.17, 15) is 4.79 Å². The third-order valence-electron chi connectivity index (χ3n) is 4.53. The van der Waals surface area contributed by atoms with Gasteiger partial charge in [0.15, 0.2) is 5.96 Å². The molecule has 0 aliphatic heterocycles. The number of aliphatic imine (C=N–C) groups is 1. The number of carbonyl (C=O) groups excluding carboxylic acids is 1. The fraction of sp³-hybridized carbons (Fsp3) is 0.522. The number of nitrogens with one attached hydrogen (secondary N) is 3. The molecule has 0 bridgehead atoms. The molecule has 1 unspecified atom stereocenters. The van der Waals surface area contributed by atoms with Gasteiger partial charge in [0.25, 0.3) is 0 Å². The second-order valence-corrected chi connectivity index (χ2v) is 8.49. The maximum absolute atomic E-state index is 12.3. The average Bonchev–Trinajstić information content (AvgIpc) is 3.02. The highest BCUT2D eigenvalue weighted by molar-refractivity contribution is 14.0. The molecule has 0 spiro atoms. The second kappa shape index (κ2) is 13.3. The van der Waals surface area contributed by atoms with E-state index in [0.29, 0.717) is 12.5 Å². The number of ether oxygens (including phenoxy) is 1. The molecule has 3 N–H and O–H groups in total. The summed E-state index contributed by atoms with van der Waals surface area (Å²) in [6.45, 7) is 11.7. The summed E-state index contributed by atoms with van der Waals surface area (Å²) in [5.41, 5.74) is 2.63. The number of guanidine groups is 1. The van der Waals surface area contributed by atoms with E-state index >= 15 is 0 Å². The first-order valence-corrected chi connectivity index (χ1v) is 10.7. The van der Waals surface area contributed by atoms with Crippen molar-refractivity contribution < 1.29 is 9.53 Å². The zero-order valence-electron chi connectivity index (χ0n) is 19.9. The standard InChI is InChI=1S/C23H36N6O2.HI/c1-17-15-18(2)29(28-17)14-10-13-25-21(24-6)26-16-20(19-11-8-7-9-12-19)27-22(30)31-23(3,4)5;/h7-9,11-12,15,20H,10,13-14,16H2,1-6H3,(H,27,30)(H2,24,25,26);1H. The zero-order valence-corrected chi connectivity index (χ0v) is 22.3. The number of aromatic nitrogens is 2. The van der Waals surface area contributed by atoms with Gasteiger partial charge in [0.2, 0.25) is 0 Å². The molecule has 0 radical (unpaired) electrons. The predicted molar refractivity (Wildman–Crippen MR) is 140 cm³/mol. The minimum absolute atomic E-state index is 0. The van der Waals surface area contributed by atoms with Crippen LogP contribution in [-0.2, 0) is 11.3 Å². The van der Waals surface area contributed by atoms with Crippen LogP contribution in [0.3, 0.4) is 0 Å². The van der Waals surface area contributed by atoms with Gasteiger partial charge in [0, 0.05) is 32.4 Å². The van der Waals surface area contributed by atoms with Crippen LogP contribution >= 0.6 is 24.0 Å². The summed E-state index contributed by atoms with van der Waals surface area (Å²) < 4.78 is 7.44. The van der Waals surface area contributed by atoms with Crippen LogP contribution in [0.4, 0.5) is 4.79 Å². The topological polar surface area (TPSA) is 92.6 Å². The maximum Gasteiger partial charge on any atom is 0.408 e. The van der Waals surface area contributed by atoms with Crippen LogP contribution in [0.25, 0.3) is 0 Å². The lowest BCUT2D eigenvalue weighted by molar-refractivity contribution is 0.0504. The van der Waals surface area contributed by atoms with Crippen molar-refractivity contribution in [3.63, 3.8) is 0 Å². The molecule has 178 valence electrons. The van der Waals surface area contributed by atoms with Gasteiger partial charge >= 0.3 is 6.09 Å². The highest BCUT2D eigenvalue weighted by Crippen LogP contribution is 2.14. The Labute approximate surface area is 208 Å². The first kappa shape index (κ1) is 27.7. The van der Waals surface area contributed by atoms with Crippen LogP contribution in [0.1, 0.15) is 50.2 Å². The molecule has 8 nitrogen and oxygen atoms in total. The number of nitrogens with zero attached hydrogens (tertiary/aromatic N) is 3. The first-order valence-electron chi connectivity index (χ1n) is 10.7. The van der Waals surface area contributed by atoms with E-state index in [-0.39, 0.29) is 30.0 Å². The summed E-state index contributed by atoms with van der Waals surface area (Å²) >= 11 is 0. The molecule has 9 heteroatoms. The summed E-state index contributed by atoms with van der Waals surface area (Å²) in [6.07, 6.45) is 0.469. The fourth-order valence-corrected chi connectivity index (χ4v) is 3.14. The Hall–Kier alpha value is -2.30. The largest absolute Gasteiger partial charge is 0.444 e. The quantitative estimate of drug-likeness (QED) is 0.198. The lowest BCUT2D eigenvalue weighted by Gasteiger charge is -2.25. The first-order chi connectivity index (χ1) is 14.7. The van der Waals surface area contributed by atoms with Crippen LogP contribution < -0.4 is 16.0 Å². The molecule has 0 fully saturated rings. The van der Waals surface area contributed by atoms with Crippen LogP contribution in [0.2, 0.25) is 0 Å². The van der Waals surface area contributed by atoms with Crippen molar-refractivity contribution in [1.82, 2.24) is 25.7 Å². The molecule has 1 atom stereocenters. The predicted octanol–water partition coefficient (Wildman–Crippen LogP) is 3.94. The van der Waals surface area contributed by atoms with Crippen molar-refractivity contribution in [3.05, 3.63) is 53.3 Å².